The van der Waals surface area contributed by atoms with Gasteiger partial charge in [-0.3, -0.25) is 9.78 Å². The predicted molar refractivity (Wildman–Crippen MR) is 130 cm³/mol. The lowest BCUT2D eigenvalue weighted by Gasteiger charge is -2.18. The number of benzene rings is 4. The van der Waals surface area contributed by atoms with Crippen molar-refractivity contribution in [2.24, 2.45) is 0 Å². The number of hydrogen-bond acceptors (Lipinski definition) is 4. The lowest BCUT2D eigenvalue weighted by atomic mass is 9.96. The number of aromatic nitrogens is 1. The van der Waals surface area contributed by atoms with E-state index in [1.54, 1.807) is 0 Å². The van der Waals surface area contributed by atoms with E-state index in [-0.39, 0.29) is 12.3 Å². The van der Waals surface area contributed by atoms with Gasteiger partial charge in [0.2, 0.25) is 0 Å². The Morgan fingerprint density at radius 1 is 0.818 bits per heavy atom. The second-order valence-electron chi connectivity index (χ2n) is 7.94. The Bertz CT molecular complexity index is 1460. The normalized spacial score (nSPS) is 12.0. The van der Waals surface area contributed by atoms with Gasteiger partial charge >= 0.3 is 5.97 Å². The highest BCUT2D eigenvalue weighted by Gasteiger charge is 2.25. The van der Waals surface area contributed by atoms with Crippen molar-refractivity contribution < 1.29 is 14.3 Å². The topological polar surface area (TPSA) is 68.3 Å². The SMILES string of the molecule is COC(=O)[C@H](Cc1ccc2ccccc2n1)NC(=O)c1c2ccccc2cc2ccccc12. The van der Waals surface area contributed by atoms with E-state index in [1.165, 1.54) is 7.11 Å². The molecule has 0 bridgehead atoms. The van der Waals surface area contributed by atoms with Crippen LogP contribution in [0.4, 0.5) is 0 Å². The van der Waals surface area contributed by atoms with Crippen LogP contribution < -0.4 is 5.32 Å². The lowest BCUT2D eigenvalue weighted by molar-refractivity contribution is -0.142. The molecule has 0 fully saturated rings. The number of nitrogens with one attached hydrogen (secondary N) is 1. The van der Waals surface area contributed by atoms with Gasteiger partial charge in [0.25, 0.3) is 5.91 Å². The average molecular weight is 434 g/mol. The van der Waals surface area contributed by atoms with Crippen LogP contribution in [0.25, 0.3) is 32.4 Å². The van der Waals surface area contributed by atoms with E-state index in [9.17, 15) is 9.59 Å². The molecule has 1 amide bonds. The molecular formula is C28H22N2O3. The minimum atomic E-state index is -0.867. The molecule has 4 aromatic carbocycles. The van der Waals surface area contributed by atoms with Crippen molar-refractivity contribution in [1.29, 1.82) is 0 Å². The highest BCUT2D eigenvalue weighted by Crippen LogP contribution is 2.28. The minimum absolute atomic E-state index is 0.228. The standard InChI is InChI=1S/C28H22N2O3/c1-33-28(32)25(17-21-15-14-18-8-4-7-13-24(18)29-21)30-27(31)26-22-11-5-2-9-19(22)16-20-10-3-6-12-23(20)26/h2-16,25H,17H2,1H3,(H,30,31)/t25-/m0/s1. The third kappa shape index (κ3) is 4.01. The lowest BCUT2D eigenvalue weighted by Crippen LogP contribution is -2.43. The van der Waals surface area contributed by atoms with E-state index >= 15 is 0 Å². The van der Waals surface area contributed by atoms with Crippen molar-refractivity contribution in [3.8, 4) is 0 Å². The maximum absolute atomic E-state index is 13.6. The molecule has 33 heavy (non-hydrogen) atoms. The Balaban J connectivity index is 1.52. The number of amides is 1. The van der Waals surface area contributed by atoms with E-state index in [4.69, 9.17) is 4.74 Å². The molecule has 0 unspecified atom stereocenters. The number of fused-ring (bicyclic) bond motifs is 3. The van der Waals surface area contributed by atoms with E-state index in [2.05, 4.69) is 16.4 Å². The summed E-state index contributed by atoms with van der Waals surface area (Å²) in [6.07, 6.45) is 0.228. The molecule has 0 saturated carbocycles. The van der Waals surface area contributed by atoms with E-state index in [0.717, 1.165) is 32.4 Å². The van der Waals surface area contributed by atoms with E-state index < -0.39 is 12.0 Å². The Hall–Kier alpha value is -4.25. The molecule has 1 heterocycles. The molecule has 0 spiro atoms. The summed E-state index contributed by atoms with van der Waals surface area (Å²) >= 11 is 0. The van der Waals surface area contributed by atoms with E-state index in [1.807, 2.05) is 84.9 Å². The van der Waals surface area contributed by atoms with Crippen LogP contribution >= 0.6 is 0 Å². The summed E-state index contributed by atoms with van der Waals surface area (Å²) in [6.45, 7) is 0. The van der Waals surface area contributed by atoms with Gasteiger partial charge in [-0.25, -0.2) is 4.79 Å². The molecule has 0 aliphatic rings. The molecule has 0 aliphatic heterocycles. The van der Waals surface area contributed by atoms with E-state index in [0.29, 0.717) is 11.3 Å². The molecule has 5 nitrogen and oxygen atoms in total. The van der Waals surface area contributed by atoms with Gasteiger partial charge in [-0.15, -0.1) is 0 Å². The first-order valence-electron chi connectivity index (χ1n) is 10.8. The number of methoxy groups -OCH3 is 1. The number of esters is 1. The summed E-state index contributed by atoms with van der Waals surface area (Å²) < 4.78 is 5.00. The van der Waals surface area contributed by atoms with Crippen LogP contribution in [0, 0.1) is 0 Å². The van der Waals surface area contributed by atoms with Crippen molar-refractivity contribution in [3.63, 3.8) is 0 Å². The number of ether oxygens (including phenoxy) is 1. The first-order chi connectivity index (χ1) is 16.1. The molecule has 1 aromatic heterocycles. The molecule has 5 aromatic rings. The van der Waals surface area contributed by atoms with Gasteiger partial charge in [-0.05, 0) is 39.7 Å². The summed E-state index contributed by atoms with van der Waals surface area (Å²) in [7, 11) is 1.32. The van der Waals surface area contributed by atoms with Crippen LogP contribution in [0.3, 0.4) is 0 Å². The van der Waals surface area contributed by atoms with Crippen LogP contribution in [0.1, 0.15) is 16.1 Å². The van der Waals surface area contributed by atoms with Gasteiger partial charge in [-0.1, -0.05) is 72.8 Å². The fourth-order valence-electron chi connectivity index (χ4n) is 4.26. The number of hydrogen-bond donors (Lipinski definition) is 1. The van der Waals surface area contributed by atoms with Crippen LogP contribution in [-0.4, -0.2) is 30.0 Å². The monoisotopic (exact) mass is 434 g/mol. The van der Waals surface area contributed by atoms with Crippen molar-refractivity contribution in [2.45, 2.75) is 12.5 Å². The zero-order chi connectivity index (χ0) is 22.8. The molecule has 1 N–H and O–H groups in total. The number of para-hydroxylation sites is 1. The van der Waals surface area contributed by atoms with Crippen molar-refractivity contribution in [2.75, 3.05) is 7.11 Å². The summed E-state index contributed by atoms with van der Waals surface area (Å²) in [5, 5.41) is 7.53. The van der Waals surface area contributed by atoms with Crippen LogP contribution in [0.2, 0.25) is 0 Å². The average Bonchev–Trinajstić information content (AvgIpc) is 2.86. The van der Waals surface area contributed by atoms with Crippen LogP contribution in [-0.2, 0) is 16.0 Å². The summed E-state index contributed by atoms with van der Waals surface area (Å²) in [4.78, 5) is 30.8. The summed E-state index contributed by atoms with van der Waals surface area (Å²) in [5.74, 6) is -0.831. The molecule has 0 saturated heterocycles. The highest BCUT2D eigenvalue weighted by atomic mass is 16.5. The Morgan fingerprint density at radius 2 is 1.42 bits per heavy atom. The minimum Gasteiger partial charge on any atom is -0.467 e. The number of nitrogens with zero attached hydrogens (tertiary/aromatic N) is 1. The molecule has 1 atom stereocenters. The summed E-state index contributed by atoms with van der Waals surface area (Å²) in [6, 6.07) is 28.3. The van der Waals surface area contributed by atoms with Gasteiger partial charge in [0.1, 0.15) is 6.04 Å². The number of carbonyl (C=O) groups excluding carboxylic acids is 2. The van der Waals surface area contributed by atoms with Gasteiger partial charge in [0, 0.05) is 17.5 Å². The first-order valence-corrected chi connectivity index (χ1v) is 10.8. The second-order valence-corrected chi connectivity index (χ2v) is 7.94. The molecule has 5 heteroatoms. The highest BCUT2D eigenvalue weighted by molar-refractivity contribution is 6.18. The molecule has 0 aliphatic carbocycles. The first kappa shape index (κ1) is 20.6. The number of carbonyl (C=O) groups is 2. The van der Waals surface area contributed by atoms with Gasteiger partial charge < -0.3 is 10.1 Å². The zero-order valence-corrected chi connectivity index (χ0v) is 18.1. The summed E-state index contributed by atoms with van der Waals surface area (Å²) in [5.41, 5.74) is 2.08. The largest absolute Gasteiger partial charge is 0.467 e. The molecule has 5 rings (SSSR count). The van der Waals surface area contributed by atoms with Gasteiger partial charge in [0.15, 0.2) is 0 Å². The Kier molecular flexibility index (Phi) is 5.45. The predicted octanol–water partition coefficient (Wildman–Crippen LogP) is 5.06. The van der Waals surface area contributed by atoms with Crippen molar-refractivity contribution in [3.05, 3.63) is 102 Å². The smallest absolute Gasteiger partial charge is 0.328 e. The maximum atomic E-state index is 13.6. The zero-order valence-electron chi connectivity index (χ0n) is 18.1. The number of rotatable bonds is 5. The van der Waals surface area contributed by atoms with Gasteiger partial charge in [0.05, 0.1) is 18.2 Å². The fourth-order valence-corrected chi connectivity index (χ4v) is 4.26. The maximum Gasteiger partial charge on any atom is 0.328 e. The third-order valence-electron chi connectivity index (χ3n) is 5.86. The molecular weight excluding hydrogens is 412 g/mol. The van der Waals surface area contributed by atoms with Crippen LogP contribution in [0.5, 0.6) is 0 Å². The number of pyridine rings is 1. The Morgan fingerprint density at radius 3 is 2.09 bits per heavy atom. The third-order valence-corrected chi connectivity index (χ3v) is 5.86. The van der Waals surface area contributed by atoms with Crippen LogP contribution in [0.15, 0.2) is 91.0 Å². The second kappa shape index (κ2) is 8.71. The Labute approximate surface area is 191 Å². The van der Waals surface area contributed by atoms with Crippen molar-refractivity contribution in [1.82, 2.24) is 10.3 Å². The van der Waals surface area contributed by atoms with Gasteiger partial charge in [-0.2, -0.15) is 0 Å². The fraction of sp³-hybridized carbons (Fsp3) is 0.107. The molecule has 162 valence electrons. The molecule has 0 radical (unpaired) electrons. The quantitative estimate of drug-likeness (QED) is 0.310. The van der Waals surface area contributed by atoms with Crippen molar-refractivity contribution >= 4 is 44.3 Å².